The van der Waals surface area contributed by atoms with Crippen molar-refractivity contribution in [3.63, 3.8) is 0 Å². The van der Waals surface area contributed by atoms with Gasteiger partial charge in [0.2, 0.25) is 15.8 Å². The third-order valence-corrected chi connectivity index (χ3v) is 6.74. The summed E-state index contributed by atoms with van der Waals surface area (Å²) in [7, 11) is -4.22. The highest BCUT2D eigenvalue weighted by Crippen LogP contribution is 2.23. The Morgan fingerprint density at radius 3 is 2.37 bits per heavy atom. The van der Waals surface area contributed by atoms with E-state index in [1.165, 1.54) is 11.0 Å². The summed E-state index contributed by atoms with van der Waals surface area (Å²) >= 11 is 0. The molecule has 0 saturated carbocycles. The van der Waals surface area contributed by atoms with Crippen molar-refractivity contribution in [2.45, 2.75) is 4.90 Å². The van der Waals surface area contributed by atoms with Crippen LogP contribution < -0.4 is 0 Å². The number of carbonyl (C=O) groups is 1. The van der Waals surface area contributed by atoms with Gasteiger partial charge in [0.1, 0.15) is 22.2 Å². The summed E-state index contributed by atoms with van der Waals surface area (Å²) in [5, 5.41) is 3.91. The molecule has 0 radical (unpaired) electrons. The fourth-order valence-corrected chi connectivity index (χ4v) is 4.72. The van der Waals surface area contributed by atoms with Gasteiger partial charge in [-0.1, -0.05) is 35.5 Å². The molecule has 2 heterocycles. The van der Waals surface area contributed by atoms with Gasteiger partial charge >= 0.3 is 0 Å². The number of rotatable bonds is 4. The van der Waals surface area contributed by atoms with Crippen molar-refractivity contribution in [1.29, 1.82) is 0 Å². The number of piperazine rings is 1. The van der Waals surface area contributed by atoms with Crippen LogP contribution in [-0.4, -0.2) is 54.9 Å². The van der Waals surface area contributed by atoms with Gasteiger partial charge in [0, 0.05) is 37.8 Å². The van der Waals surface area contributed by atoms with E-state index in [4.69, 9.17) is 4.52 Å². The Kier molecular flexibility index (Phi) is 5.35. The van der Waals surface area contributed by atoms with Crippen LogP contribution in [0.25, 0.3) is 11.3 Å². The molecule has 10 heteroatoms. The van der Waals surface area contributed by atoms with Crippen LogP contribution in [0.4, 0.5) is 8.78 Å². The molecule has 0 bridgehead atoms. The lowest BCUT2D eigenvalue weighted by Crippen LogP contribution is -2.50. The molecule has 156 valence electrons. The highest BCUT2D eigenvalue weighted by atomic mass is 32.2. The van der Waals surface area contributed by atoms with Crippen LogP contribution in [0.15, 0.2) is 64.0 Å². The molecular formula is C20H17F2N3O4S. The quantitative estimate of drug-likeness (QED) is 0.632. The van der Waals surface area contributed by atoms with Crippen LogP contribution in [-0.2, 0) is 10.0 Å². The van der Waals surface area contributed by atoms with Crippen molar-refractivity contribution in [3.05, 3.63) is 72.0 Å². The number of hydrogen-bond acceptors (Lipinski definition) is 5. The van der Waals surface area contributed by atoms with Gasteiger partial charge in [0.05, 0.1) is 0 Å². The zero-order valence-corrected chi connectivity index (χ0v) is 16.5. The topological polar surface area (TPSA) is 83.7 Å². The lowest BCUT2D eigenvalue weighted by atomic mass is 10.1. The van der Waals surface area contributed by atoms with Crippen LogP contribution in [0.2, 0.25) is 0 Å². The lowest BCUT2D eigenvalue weighted by molar-refractivity contribution is 0.0656. The number of hydrogen-bond donors (Lipinski definition) is 0. The van der Waals surface area contributed by atoms with Crippen molar-refractivity contribution in [2.75, 3.05) is 26.2 Å². The van der Waals surface area contributed by atoms with Crippen molar-refractivity contribution < 1.29 is 26.5 Å². The summed E-state index contributed by atoms with van der Waals surface area (Å²) in [4.78, 5) is 13.4. The highest BCUT2D eigenvalue weighted by Gasteiger charge is 2.33. The minimum absolute atomic E-state index is 0.0429. The molecule has 1 aliphatic rings. The lowest BCUT2D eigenvalue weighted by Gasteiger charge is -2.33. The summed E-state index contributed by atoms with van der Waals surface area (Å²) in [6, 6.07) is 13.0. The SMILES string of the molecule is O=C(c1cc(-c2ccccc2)no1)N1CCN(S(=O)(=O)c2cc(F)ccc2F)CC1. The first kappa shape index (κ1) is 20.2. The Morgan fingerprint density at radius 1 is 0.967 bits per heavy atom. The minimum Gasteiger partial charge on any atom is -0.350 e. The average molecular weight is 433 g/mol. The van der Waals surface area contributed by atoms with Crippen LogP contribution >= 0.6 is 0 Å². The number of benzene rings is 2. The number of carbonyl (C=O) groups excluding carboxylic acids is 1. The first-order valence-electron chi connectivity index (χ1n) is 9.13. The van der Waals surface area contributed by atoms with E-state index in [1.54, 1.807) is 0 Å². The standard InChI is InChI=1S/C20H17F2N3O4S/c21-15-6-7-16(22)19(12-15)30(27,28)25-10-8-24(9-11-25)20(26)18-13-17(23-29-18)14-4-2-1-3-5-14/h1-7,12-13H,8-11H2. The maximum Gasteiger partial charge on any atom is 0.292 e. The van der Waals surface area contributed by atoms with Gasteiger partial charge in [0.25, 0.3) is 5.91 Å². The average Bonchev–Trinajstić information content (AvgIpc) is 3.26. The maximum absolute atomic E-state index is 13.9. The van der Waals surface area contributed by atoms with E-state index in [-0.39, 0.29) is 31.9 Å². The summed E-state index contributed by atoms with van der Waals surface area (Å²) in [5.41, 5.74) is 1.31. The number of sulfonamides is 1. The molecule has 0 N–H and O–H groups in total. The Hall–Kier alpha value is -3.11. The van der Waals surface area contributed by atoms with E-state index in [2.05, 4.69) is 5.16 Å². The molecular weight excluding hydrogens is 416 g/mol. The Bertz CT molecular complexity index is 1170. The minimum atomic E-state index is -4.22. The fraction of sp³-hybridized carbons (Fsp3) is 0.200. The van der Waals surface area contributed by atoms with E-state index in [0.29, 0.717) is 11.8 Å². The van der Waals surface area contributed by atoms with Crippen LogP contribution in [0.5, 0.6) is 0 Å². The van der Waals surface area contributed by atoms with E-state index in [1.807, 2.05) is 30.3 Å². The molecule has 0 atom stereocenters. The summed E-state index contributed by atoms with van der Waals surface area (Å²) < 4.78 is 58.8. The smallest absolute Gasteiger partial charge is 0.292 e. The Labute approximate surface area is 171 Å². The van der Waals surface area contributed by atoms with Gasteiger partial charge in [0.15, 0.2) is 0 Å². The molecule has 1 aromatic heterocycles. The van der Waals surface area contributed by atoms with Gasteiger partial charge in [-0.15, -0.1) is 0 Å². The molecule has 3 aromatic rings. The molecule has 0 unspecified atom stereocenters. The summed E-state index contributed by atoms with van der Waals surface area (Å²) in [6.07, 6.45) is 0. The van der Waals surface area contributed by atoms with Crippen molar-refractivity contribution in [1.82, 2.24) is 14.4 Å². The zero-order valence-electron chi connectivity index (χ0n) is 15.7. The molecule has 30 heavy (non-hydrogen) atoms. The molecule has 7 nitrogen and oxygen atoms in total. The van der Waals surface area contributed by atoms with E-state index < -0.39 is 32.5 Å². The molecule has 1 amide bonds. The van der Waals surface area contributed by atoms with Gasteiger partial charge in [-0.2, -0.15) is 4.31 Å². The second-order valence-electron chi connectivity index (χ2n) is 6.71. The van der Waals surface area contributed by atoms with Gasteiger partial charge in [-0.25, -0.2) is 17.2 Å². The number of amides is 1. The van der Waals surface area contributed by atoms with Crippen LogP contribution in [0.1, 0.15) is 10.6 Å². The number of halogens is 2. The predicted molar refractivity (Wildman–Crippen MR) is 103 cm³/mol. The molecule has 0 spiro atoms. The largest absolute Gasteiger partial charge is 0.350 e. The third-order valence-electron chi connectivity index (χ3n) is 4.83. The van der Waals surface area contributed by atoms with Crippen molar-refractivity contribution >= 4 is 15.9 Å². The van der Waals surface area contributed by atoms with Gasteiger partial charge in [-0.05, 0) is 18.2 Å². The monoisotopic (exact) mass is 433 g/mol. The van der Waals surface area contributed by atoms with Gasteiger partial charge in [-0.3, -0.25) is 4.79 Å². The van der Waals surface area contributed by atoms with Crippen molar-refractivity contribution in [2.24, 2.45) is 0 Å². The molecule has 1 aliphatic heterocycles. The van der Waals surface area contributed by atoms with Crippen molar-refractivity contribution in [3.8, 4) is 11.3 Å². The Morgan fingerprint density at radius 2 is 1.67 bits per heavy atom. The molecule has 1 saturated heterocycles. The first-order chi connectivity index (χ1) is 14.4. The fourth-order valence-electron chi connectivity index (χ4n) is 3.22. The van der Waals surface area contributed by atoms with E-state index in [9.17, 15) is 22.0 Å². The van der Waals surface area contributed by atoms with Crippen LogP contribution in [0.3, 0.4) is 0 Å². The molecule has 2 aromatic carbocycles. The summed E-state index contributed by atoms with van der Waals surface area (Å²) in [5.74, 6) is -2.24. The second-order valence-corrected chi connectivity index (χ2v) is 8.62. The highest BCUT2D eigenvalue weighted by molar-refractivity contribution is 7.89. The summed E-state index contributed by atoms with van der Waals surface area (Å²) in [6.45, 7) is 0.0557. The second kappa shape index (κ2) is 7.96. The Balaban J connectivity index is 1.45. The molecule has 1 fully saturated rings. The first-order valence-corrected chi connectivity index (χ1v) is 10.6. The normalized spacial score (nSPS) is 15.3. The molecule has 0 aliphatic carbocycles. The van der Waals surface area contributed by atoms with Crippen LogP contribution in [0, 0.1) is 11.6 Å². The zero-order chi connectivity index (χ0) is 21.3. The third kappa shape index (κ3) is 3.83. The van der Waals surface area contributed by atoms with E-state index in [0.717, 1.165) is 22.0 Å². The van der Waals surface area contributed by atoms with Gasteiger partial charge < -0.3 is 9.42 Å². The van der Waals surface area contributed by atoms with E-state index >= 15 is 0 Å². The molecule has 4 rings (SSSR count). The predicted octanol–water partition coefficient (Wildman–Crippen LogP) is 2.77. The number of aromatic nitrogens is 1. The maximum atomic E-state index is 13.9. The number of nitrogens with zero attached hydrogens (tertiary/aromatic N) is 3.